The molecule has 6 rings (SSSR count). The topological polar surface area (TPSA) is 91.4 Å². The number of fused-ring (bicyclic) bond motifs is 1. The predicted molar refractivity (Wildman–Crippen MR) is 111 cm³/mol. The van der Waals surface area contributed by atoms with Crippen LogP contribution in [0.2, 0.25) is 0 Å². The molecule has 2 N–H and O–H groups in total. The first kappa shape index (κ1) is 18.8. The molecule has 7 heteroatoms. The molecule has 7 nitrogen and oxygen atoms in total. The first-order valence-corrected chi connectivity index (χ1v) is 10.4. The summed E-state index contributed by atoms with van der Waals surface area (Å²) in [6.45, 7) is 2.35. The molecule has 3 aliphatic carbocycles. The van der Waals surface area contributed by atoms with Gasteiger partial charge in [0, 0.05) is 23.8 Å². The molecule has 1 atom stereocenters. The summed E-state index contributed by atoms with van der Waals surface area (Å²) < 4.78 is 0. The standard InChI is InChI=1S/C23H24N4O3/c1-15(25-20(29)17-6-3-2-4-7-17)19(28)26-23-12-22(13-23,14-23)21(30)27-11-9-16-8-5-10-24-18(16)27/h2-8,10,15H,9,11-14H2,1H3,(H,25,29)(H,26,28). The molecule has 0 saturated heterocycles. The van der Waals surface area contributed by atoms with E-state index in [2.05, 4.69) is 15.6 Å². The lowest BCUT2D eigenvalue weighted by molar-refractivity contribution is -0.181. The number of amides is 3. The highest BCUT2D eigenvalue weighted by molar-refractivity contribution is 6.02. The minimum absolute atomic E-state index is 0.126. The maximum absolute atomic E-state index is 13.1. The zero-order valence-electron chi connectivity index (χ0n) is 16.9. The molecule has 2 bridgehead atoms. The fourth-order valence-corrected chi connectivity index (χ4v) is 5.14. The van der Waals surface area contributed by atoms with Crippen LogP contribution in [0.4, 0.5) is 5.82 Å². The Morgan fingerprint density at radius 1 is 1.07 bits per heavy atom. The lowest BCUT2D eigenvalue weighted by atomic mass is 9.39. The fourth-order valence-electron chi connectivity index (χ4n) is 5.14. The van der Waals surface area contributed by atoms with Crippen molar-refractivity contribution in [3.8, 4) is 0 Å². The SMILES string of the molecule is CC(NC(=O)c1ccccc1)C(=O)NC12CC(C(=O)N3CCc4cccnc43)(C1)C2. The van der Waals surface area contributed by atoms with Gasteiger partial charge < -0.3 is 10.6 Å². The molecule has 1 aromatic heterocycles. The van der Waals surface area contributed by atoms with Crippen molar-refractivity contribution in [2.75, 3.05) is 11.4 Å². The molecule has 3 amide bonds. The van der Waals surface area contributed by atoms with Crippen molar-refractivity contribution in [3.63, 3.8) is 0 Å². The monoisotopic (exact) mass is 404 g/mol. The molecule has 2 aromatic rings. The van der Waals surface area contributed by atoms with Gasteiger partial charge in [0.1, 0.15) is 11.9 Å². The van der Waals surface area contributed by atoms with E-state index in [4.69, 9.17) is 0 Å². The van der Waals surface area contributed by atoms with E-state index >= 15 is 0 Å². The number of carbonyl (C=O) groups excluding carboxylic acids is 3. The summed E-state index contributed by atoms with van der Waals surface area (Å²) in [5, 5.41) is 5.80. The molecular weight excluding hydrogens is 380 g/mol. The Bertz CT molecular complexity index is 1020. The summed E-state index contributed by atoms with van der Waals surface area (Å²) in [4.78, 5) is 44.2. The number of carbonyl (C=O) groups is 3. The first-order chi connectivity index (χ1) is 14.4. The van der Waals surface area contributed by atoms with Crippen molar-refractivity contribution in [3.05, 3.63) is 59.8 Å². The minimum Gasteiger partial charge on any atom is -0.349 e. The summed E-state index contributed by atoms with van der Waals surface area (Å²) in [5.74, 6) is 0.417. The zero-order valence-corrected chi connectivity index (χ0v) is 16.9. The smallest absolute Gasteiger partial charge is 0.251 e. The molecule has 3 fully saturated rings. The van der Waals surface area contributed by atoms with E-state index < -0.39 is 6.04 Å². The van der Waals surface area contributed by atoms with Crippen LogP contribution in [-0.4, -0.2) is 40.8 Å². The number of rotatable bonds is 5. The third kappa shape index (κ3) is 2.88. The molecule has 1 unspecified atom stereocenters. The number of aromatic nitrogens is 1. The summed E-state index contributed by atoms with van der Waals surface area (Å²) >= 11 is 0. The number of hydrogen-bond acceptors (Lipinski definition) is 4. The highest BCUT2D eigenvalue weighted by Gasteiger charge is 2.73. The van der Waals surface area contributed by atoms with Crippen LogP contribution in [0.1, 0.15) is 42.1 Å². The Morgan fingerprint density at radius 3 is 2.53 bits per heavy atom. The van der Waals surface area contributed by atoms with Crippen molar-refractivity contribution in [2.24, 2.45) is 5.41 Å². The van der Waals surface area contributed by atoms with Gasteiger partial charge in [-0.05, 0) is 56.4 Å². The highest BCUT2D eigenvalue weighted by atomic mass is 16.2. The van der Waals surface area contributed by atoms with E-state index in [9.17, 15) is 14.4 Å². The quantitative estimate of drug-likeness (QED) is 0.795. The minimum atomic E-state index is -0.645. The largest absolute Gasteiger partial charge is 0.349 e. The van der Waals surface area contributed by atoms with E-state index in [1.165, 1.54) is 0 Å². The maximum atomic E-state index is 13.1. The molecular formula is C23H24N4O3. The molecule has 0 spiro atoms. The summed E-state index contributed by atoms with van der Waals surface area (Å²) in [7, 11) is 0. The van der Waals surface area contributed by atoms with Crippen molar-refractivity contribution in [1.29, 1.82) is 0 Å². The van der Waals surface area contributed by atoms with E-state index in [1.807, 2.05) is 23.1 Å². The number of nitrogens with zero attached hydrogens (tertiary/aromatic N) is 2. The Balaban J connectivity index is 1.16. The Kier molecular flexibility index (Phi) is 4.17. The van der Waals surface area contributed by atoms with Crippen LogP contribution in [0.15, 0.2) is 48.7 Å². The third-order valence-electron chi connectivity index (χ3n) is 6.62. The second-order valence-corrected chi connectivity index (χ2v) is 8.83. The van der Waals surface area contributed by atoms with Crippen molar-refractivity contribution >= 4 is 23.5 Å². The molecule has 4 aliphatic rings. The lowest BCUT2D eigenvalue weighted by Crippen LogP contribution is -2.79. The van der Waals surface area contributed by atoms with Gasteiger partial charge in [0.2, 0.25) is 11.8 Å². The van der Waals surface area contributed by atoms with Crippen molar-refractivity contribution in [2.45, 2.75) is 44.2 Å². The second-order valence-electron chi connectivity index (χ2n) is 8.83. The van der Waals surface area contributed by atoms with Gasteiger partial charge in [-0.25, -0.2) is 4.98 Å². The van der Waals surface area contributed by atoms with Gasteiger partial charge in [0.25, 0.3) is 5.91 Å². The number of hydrogen-bond donors (Lipinski definition) is 2. The molecule has 30 heavy (non-hydrogen) atoms. The summed E-state index contributed by atoms with van der Waals surface area (Å²) in [5.41, 5.74) is 0.948. The van der Waals surface area contributed by atoms with Crippen molar-refractivity contribution in [1.82, 2.24) is 15.6 Å². The number of nitrogens with one attached hydrogen (secondary N) is 2. The molecule has 1 aliphatic heterocycles. The van der Waals surface area contributed by atoms with Gasteiger partial charge in [0.15, 0.2) is 0 Å². The van der Waals surface area contributed by atoms with Gasteiger partial charge in [-0.1, -0.05) is 24.3 Å². The third-order valence-corrected chi connectivity index (χ3v) is 6.62. The van der Waals surface area contributed by atoms with E-state index in [-0.39, 0.29) is 28.7 Å². The van der Waals surface area contributed by atoms with Crippen LogP contribution >= 0.6 is 0 Å². The highest BCUT2D eigenvalue weighted by Crippen LogP contribution is 2.68. The van der Waals surface area contributed by atoms with Crippen LogP contribution in [-0.2, 0) is 16.0 Å². The van der Waals surface area contributed by atoms with Crippen LogP contribution in [0, 0.1) is 5.41 Å². The number of benzene rings is 1. The van der Waals surface area contributed by atoms with Gasteiger partial charge in [0.05, 0.1) is 5.41 Å². The molecule has 2 heterocycles. The van der Waals surface area contributed by atoms with Gasteiger partial charge in [-0.15, -0.1) is 0 Å². The first-order valence-electron chi connectivity index (χ1n) is 10.4. The zero-order chi connectivity index (χ0) is 20.9. The number of anilines is 1. The van der Waals surface area contributed by atoms with Gasteiger partial charge in [-0.3, -0.25) is 19.3 Å². The van der Waals surface area contributed by atoms with E-state index in [1.54, 1.807) is 37.4 Å². The average molecular weight is 404 g/mol. The second kappa shape index (κ2) is 6.65. The Labute approximate surface area is 174 Å². The summed E-state index contributed by atoms with van der Waals surface area (Å²) in [6.07, 6.45) is 4.53. The fraction of sp³-hybridized carbons (Fsp3) is 0.391. The average Bonchev–Trinajstić information content (AvgIpc) is 3.13. The van der Waals surface area contributed by atoms with Crippen LogP contribution in [0.5, 0.6) is 0 Å². The Hall–Kier alpha value is -3.22. The molecule has 154 valence electrons. The van der Waals surface area contributed by atoms with Crippen LogP contribution in [0.25, 0.3) is 0 Å². The molecule has 1 aromatic carbocycles. The number of pyridine rings is 1. The molecule has 0 radical (unpaired) electrons. The van der Waals surface area contributed by atoms with E-state index in [0.717, 1.165) is 17.8 Å². The molecule has 3 saturated carbocycles. The van der Waals surface area contributed by atoms with Gasteiger partial charge in [-0.2, -0.15) is 0 Å². The normalized spacial score (nSPS) is 26.6. The predicted octanol–water partition coefficient (Wildman–Crippen LogP) is 1.83. The van der Waals surface area contributed by atoms with Gasteiger partial charge >= 0.3 is 0 Å². The van der Waals surface area contributed by atoms with Crippen LogP contribution < -0.4 is 15.5 Å². The van der Waals surface area contributed by atoms with E-state index in [0.29, 0.717) is 31.4 Å². The summed E-state index contributed by atoms with van der Waals surface area (Å²) in [6, 6.07) is 12.1. The van der Waals surface area contributed by atoms with Crippen molar-refractivity contribution < 1.29 is 14.4 Å². The lowest BCUT2D eigenvalue weighted by Gasteiger charge is -2.69. The maximum Gasteiger partial charge on any atom is 0.251 e. The van der Waals surface area contributed by atoms with Crippen LogP contribution in [0.3, 0.4) is 0 Å². The Morgan fingerprint density at radius 2 is 1.80 bits per heavy atom.